The maximum Gasteiger partial charge on any atom is 0.226 e. The molecule has 1 amide bonds. The Morgan fingerprint density at radius 1 is 1.64 bits per heavy atom. The van der Waals surface area contributed by atoms with Crippen molar-refractivity contribution in [3.05, 3.63) is 0 Å². The van der Waals surface area contributed by atoms with Gasteiger partial charge in [-0.1, -0.05) is 26.1 Å². The van der Waals surface area contributed by atoms with Crippen LogP contribution >= 0.6 is 12.2 Å². The van der Waals surface area contributed by atoms with E-state index in [-0.39, 0.29) is 23.3 Å². The summed E-state index contributed by atoms with van der Waals surface area (Å²) in [6.45, 7) is 6.07. The Balaban J connectivity index is 2.58. The van der Waals surface area contributed by atoms with E-state index in [0.717, 1.165) is 6.42 Å². The molecule has 1 rings (SSSR count). The largest absolute Gasteiger partial charge is 0.392 e. The number of nitrogens with zero attached hydrogens (tertiary/aromatic N) is 1. The highest BCUT2D eigenvalue weighted by Gasteiger charge is 2.51. The van der Waals surface area contributed by atoms with Gasteiger partial charge in [-0.15, -0.1) is 0 Å². The van der Waals surface area contributed by atoms with E-state index in [1.54, 1.807) is 11.9 Å². The Kier molecular flexibility index (Phi) is 2.86. The lowest BCUT2D eigenvalue weighted by atomic mass is 10.1. The predicted molar refractivity (Wildman–Crippen MR) is 60.9 cm³/mol. The first kappa shape index (κ1) is 11.4. The Hall–Kier alpha value is -0.640. The van der Waals surface area contributed by atoms with Gasteiger partial charge in [-0.05, 0) is 18.8 Å². The van der Waals surface area contributed by atoms with Crippen LogP contribution < -0.4 is 5.73 Å². The summed E-state index contributed by atoms with van der Waals surface area (Å²) >= 11 is 4.86. The zero-order valence-electron chi connectivity index (χ0n) is 9.20. The van der Waals surface area contributed by atoms with Crippen molar-refractivity contribution >= 4 is 23.1 Å². The summed E-state index contributed by atoms with van der Waals surface area (Å²) in [5.41, 5.74) is 5.67. The zero-order chi connectivity index (χ0) is 11.1. The molecule has 1 saturated carbocycles. The molecule has 4 heteroatoms. The van der Waals surface area contributed by atoms with Crippen LogP contribution in [0.15, 0.2) is 0 Å². The minimum atomic E-state index is -0.145. The second-order valence-electron chi connectivity index (χ2n) is 4.77. The molecule has 0 spiro atoms. The van der Waals surface area contributed by atoms with Gasteiger partial charge in [0, 0.05) is 13.0 Å². The fourth-order valence-corrected chi connectivity index (χ4v) is 1.67. The minimum Gasteiger partial charge on any atom is -0.392 e. The van der Waals surface area contributed by atoms with Crippen LogP contribution in [0.2, 0.25) is 0 Å². The van der Waals surface area contributed by atoms with Crippen molar-refractivity contribution in [2.75, 3.05) is 7.05 Å². The molecule has 2 atom stereocenters. The zero-order valence-corrected chi connectivity index (χ0v) is 10.0. The van der Waals surface area contributed by atoms with Gasteiger partial charge in [-0.2, -0.15) is 0 Å². The molecule has 1 fully saturated rings. The van der Waals surface area contributed by atoms with Crippen molar-refractivity contribution in [2.24, 2.45) is 17.1 Å². The van der Waals surface area contributed by atoms with Gasteiger partial charge in [0.05, 0.1) is 11.0 Å². The molecular formula is C10H18N2OS. The average molecular weight is 214 g/mol. The molecule has 2 N–H and O–H groups in total. The van der Waals surface area contributed by atoms with Gasteiger partial charge in [0.25, 0.3) is 0 Å². The molecule has 80 valence electrons. The Labute approximate surface area is 90.6 Å². The lowest BCUT2D eigenvalue weighted by Gasteiger charge is -2.24. The van der Waals surface area contributed by atoms with E-state index in [9.17, 15) is 4.79 Å². The summed E-state index contributed by atoms with van der Waals surface area (Å²) in [4.78, 5) is 13.9. The second-order valence-corrected chi connectivity index (χ2v) is 5.24. The van der Waals surface area contributed by atoms with Crippen molar-refractivity contribution in [1.29, 1.82) is 0 Å². The first-order valence-electron chi connectivity index (χ1n) is 4.83. The molecule has 0 heterocycles. The normalized spacial score (nSPS) is 25.3. The van der Waals surface area contributed by atoms with E-state index in [4.69, 9.17) is 18.0 Å². The molecule has 1 aliphatic carbocycles. The lowest BCUT2D eigenvalue weighted by molar-refractivity contribution is -0.132. The van der Waals surface area contributed by atoms with Crippen molar-refractivity contribution in [1.82, 2.24) is 4.90 Å². The standard InChI is InChI=1S/C10H18N2OS/c1-6(8(11)14)12(4)9(13)7-5-10(7,2)3/h6-7H,5H2,1-4H3,(H2,11,14). The quantitative estimate of drug-likeness (QED) is 0.717. The van der Waals surface area contributed by atoms with Gasteiger partial charge in [0.15, 0.2) is 0 Å². The summed E-state index contributed by atoms with van der Waals surface area (Å²) in [6, 6.07) is -0.145. The van der Waals surface area contributed by atoms with E-state index in [1.165, 1.54) is 0 Å². The molecule has 0 saturated heterocycles. The number of rotatable bonds is 3. The second kappa shape index (κ2) is 3.50. The number of thiocarbonyl (C=S) groups is 1. The van der Waals surface area contributed by atoms with Crippen LogP contribution in [0.3, 0.4) is 0 Å². The Morgan fingerprint density at radius 3 is 2.36 bits per heavy atom. The number of amides is 1. The van der Waals surface area contributed by atoms with Crippen LogP contribution in [0.1, 0.15) is 27.2 Å². The van der Waals surface area contributed by atoms with Gasteiger partial charge in [-0.25, -0.2) is 0 Å². The van der Waals surface area contributed by atoms with Gasteiger partial charge < -0.3 is 10.6 Å². The van der Waals surface area contributed by atoms with Gasteiger partial charge >= 0.3 is 0 Å². The predicted octanol–water partition coefficient (Wildman–Crippen LogP) is 1.17. The number of hydrogen-bond donors (Lipinski definition) is 1. The van der Waals surface area contributed by atoms with Crippen LogP contribution in [0.5, 0.6) is 0 Å². The van der Waals surface area contributed by atoms with E-state index < -0.39 is 0 Å². The van der Waals surface area contributed by atoms with E-state index in [0.29, 0.717) is 4.99 Å². The lowest BCUT2D eigenvalue weighted by Crippen LogP contribution is -2.43. The smallest absolute Gasteiger partial charge is 0.226 e. The summed E-state index contributed by atoms with van der Waals surface area (Å²) in [7, 11) is 1.76. The highest BCUT2D eigenvalue weighted by molar-refractivity contribution is 7.80. The molecule has 0 aliphatic heterocycles. The molecule has 1 aliphatic rings. The van der Waals surface area contributed by atoms with Crippen LogP contribution in [-0.2, 0) is 4.79 Å². The first-order chi connectivity index (χ1) is 6.27. The fourth-order valence-electron chi connectivity index (χ4n) is 1.52. The summed E-state index contributed by atoms with van der Waals surface area (Å²) < 4.78 is 0. The molecule has 0 aromatic carbocycles. The SMILES string of the molecule is CC(C(N)=S)N(C)C(=O)C1CC1(C)C. The van der Waals surface area contributed by atoms with Crippen molar-refractivity contribution in [3.8, 4) is 0 Å². The molecule has 0 radical (unpaired) electrons. The topological polar surface area (TPSA) is 46.3 Å². The maximum atomic E-state index is 11.9. The third-order valence-electron chi connectivity index (χ3n) is 3.15. The van der Waals surface area contributed by atoms with Crippen LogP contribution in [-0.4, -0.2) is 28.9 Å². The molecule has 2 unspecified atom stereocenters. The highest BCUT2D eigenvalue weighted by atomic mass is 32.1. The van der Waals surface area contributed by atoms with Crippen LogP contribution in [0, 0.1) is 11.3 Å². The van der Waals surface area contributed by atoms with Crippen LogP contribution in [0.25, 0.3) is 0 Å². The van der Waals surface area contributed by atoms with Crippen LogP contribution in [0.4, 0.5) is 0 Å². The number of nitrogens with two attached hydrogens (primary N) is 1. The monoisotopic (exact) mass is 214 g/mol. The van der Waals surface area contributed by atoms with Crippen molar-refractivity contribution < 1.29 is 4.79 Å². The Morgan fingerprint density at radius 2 is 2.07 bits per heavy atom. The molecule has 0 aromatic heterocycles. The van der Waals surface area contributed by atoms with E-state index in [1.807, 2.05) is 6.92 Å². The summed E-state index contributed by atoms with van der Waals surface area (Å²) in [5.74, 6) is 0.319. The third-order valence-corrected chi connectivity index (χ3v) is 3.49. The van der Waals surface area contributed by atoms with Crippen molar-refractivity contribution in [2.45, 2.75) is 33.2 Å². The molecule has 0 aromatic rings. The van der Waals surface area contributed by atoms with Gasteiger partial charge in [0.1, 0.15) is 0 Å². The number of carbonyl (C=O) groups is 1. The summed E-state index contributed by atoms with van der Waals surface area (Å²) in [5, 5.41) is 0. The summed E-state index contributed by atoms with van der Waals surface area (Å²) in [6.07, 6.45) is 0.972. The highest BCUT2D eigenvalue weighted by Crippen LogP contribution is 2.52. The van der Waals surface area contributed by atoms with E-state index >= 15 is 0 Å². The molecule has 14 heavy (non-hydrogen) atoms. The minimum absolute atomic E-state index is 0.145. The molecule has 3 nitrogen and oxygen atoms in total. The number of carbonyl (C=O) groups excluding carboxylic acids is 1. The van der Waals surface area contributed by atoms with Gasteiger partial charge in [0.2, 0.25) is 5.91 Å². The van der Waals surface area contributed by atoms with Crippen molar-refractivity contribution in [3.63, 3.8) is 0 Å². The van der Waals surface area contributed by atoms with Gasteiger partial charge in [-0.3, -0.25) is 4.79 Å². The Bertz CT molecular complexity index is 275. The average Bonchev–Trinajstić information content (AvgIpc) is 2.71. The van der Waals surface area contributed by atoms with E-state index in [2.05, 4.69) is 13.8 Å². The maximum absolute atomic E-state index is 11.9. The molecular weight excluding hydrogens is 196 g/mol. The first-order valence-corrected chi connectivity index (χ1v) is 5.24. The number of hydrogen-bond acceptors (Lipinski definition) is 2. The third kappa shape index (κ3) is 2.05. The molecule has 0 bridgehead atoms. The fraction of sp³-hybridized carbons (Fsp3) is 0.800. The number of likely N-dealkylation sites (N-methyl/N-ethyl adjacent to an activating group) is 1.